The lowest BCUT2D eigenvalue weighted by molar-refractivity contribution is -0.118. The molecule has 1 rings (SSSR count). The summed E-state index contributed by atoms with van der Waals surface area (Å²) in [4.78, 5) is 13.4. The second-order valence-corrected chi connectivity index (χ2v) is 3.84. The topological polar surface area (TPSA) is 32.3 Å². The Morgan fingerprint density at radius 1 is 1.58 bits per heavy atom. The number of carbonyl (C=O) groups is 1. The Hall–Kier alpha value is -0.410. The predicted molar refractivity (Wildman–Crippen MR) is 49.2 cm³/mol. The van der Waals surface area contributed by atoms with Crippen LogP contribution in [0.2, 0.25) is 0 Å². The lowest BCUT2D eigenvalue weighted by Gasteiger charge is -2.20. The first-order valence-electron chi connectivity index (χ1n) is 4.63. The van der Waals surface area contributed by atoms with E-state index in [1.807, 2.05) is 0 Å². The minimum Gasteiger partial charge on any atom is -0.309 e. The smallest absolute Gasteiger partial charge is 0.160 e. The molecule has 1 aliphatic heterocycles. The van der Waals surface area contributed by atoms with E-state index < -0.39 is 0 Å². The third kappa shape index (κ3) is 3.32. The molecule has 12 heavy (non-hydrogen) atoms. The van der Waals surface area contributed by atoms with Crippen LogP contribution in [0.4, 0.5) is 0 Å². The Balaban J connectivity index is 2.36. The number of nitrogens with zero attached hydrogens (tertiary/aromatic N) is 1. The first-order valence-corrected chi connectivity index (χ1v) is 4.63. The van der Waals surface area contributed by atoms with Gasteiger partial charge in [-0.25, -0.2) is 0 Å². The Bertz CT molecular complexity index is 157. The van der Waals surface area contributed by atoms with Crippen molar-refractivity contribution in [2.75, 3.05) is 32.7 Å². The molecule has 1 heterocycles. The molecule has 3 nitrogen and oxygen atoms in total. The molecule has 0 aliphatic carbocycles. The van der Waals surface area contributed by atoms with Crippen molar-refractivity contribution < 1.29 is 4.79 Å². The average molecular weight is 170 g/mol. The van der Waals surface area contributed by atoms with E-state index in [0.717, 1.165) is 19.6 Å². The Labute approximate surface area is 74.1 Å². The van der Waals surface area contributed by atoms with Gasteiger partial charge in [0.25, 0.3) is 0 Å². The molecule has 0 amide bonds. The molecular formula is C9H18N2O. The highest BCUT2D eigenvalue weighted by molar-refractivity contribution is 5.82. The summed E-state index contributed by atoms with van der Waals surface area (Å²) >= 11 is 0. The number of hydrogen-bond acceptors (Lipinski definition) is 3. The van der Waals surface area contributed by atoms with Crippen LogP contribution in [0.1, 0.15) is 13.8 Å². The number of carbonyl (C=O) groups excluding carboxylic acids is 1. The average Bonchev–Trinajstić information content (AvgIpc) is 2.12. The highest BCUT2D eigenvalue weighted by Crippen LogP contribution is 1.99. The van der Waals surface area contributed by atoms with E-state index >= 15 is 0 Å². The van der Waals surface area contributed by atoms with Gasteiger partial charge < -0.3 is 5.32 Å². The lowest BCUT2D eigenvalue weighted by Crippen LogP contribution is -2.33. The highest BCUT2D eigenvalue weighted by atomic mass is 16.1. The summed E-state index contributed by atoms with van der Waals surface area (Å²) in [5, 5.41) is 3.11. The Morgan fingerprint density at radius 3 is 3.00 bits per heavy atom. The van der Waals surface area contributed by atoms with Crippen LogP contribution in [-0.4, -0.2) is 43.4 Å². The maximum Gasteiger partial charge on any atom is 0.160 e. The number of ketones is 1. The van der Waals surface area contributed by atoms with Gasteiger partial charge in [0.2, 0.25) is 0 Å². The van der Waals surface area contributed by atoms with Gasteiger partial charge in [-0.15, -0.1) is 0 Å². The Morgan fingerprint density at radius 2 is 2.33 bits per heavy atom. The monoisotopic (exact) mass is 170 g/mol. The minimum atomic E-state index is 0.313. The molecule has 0 unspecified atom stereocenters. The fraction of sp³-hybridized carbons (Fsp3) is 0.889. The second-order valence-electron chi connectivity index (χ2n) is 3.84. The van der Waals surface area contributed by atoms with Gasteiger partial charge in [0.15, 0.2) is 5.78 Å². The van der Waals surface area contributed by atoms with Crippen LogP contribution in [-0.2, 0) is 4.79 Å². The molecule has 70 valence electrons. The summed E-state index contributed by atoms with van der Waals surface area (Å²) in [6.45, 7) is 8.53. The minimum absolute atomic E-state index is 0.313. The van der Waals surface area contributed by atoms with E-state index in [-0.39, 0.29) is 0 Å². The first kappa shape index (κ1) is 9.68. The van der Waals surface area contributed by atoms with Crippen molar-refractivity contribution in [3.63, 3.8) is 0 Å². The van der Waals surface area contributed by atoms with Crippen LogP contribution >= 0.6 is 0 Å². The van der Waals surface area contributed by atoms with Gasteiger partial charge in [-0.3, -0.25) is 9.69 Å². The first-order chi connectivity index (χ1) is 5.68. The number of Topliss-reactive ketones (excluding diaryl/α,β-unsaturated/α-hetero) is 1. The molecule has 0 radical (unpaired) electrons. The quantitative estimate of drug-likeness (QED) is 0.638. The van der Waals surface area contributed by atoms with Crippen LogP contribution in [0, 0.1) is 5.92 Å². The fourth-order valence-corrected chi connectivity index (χ4v) is 1.52. The van der Waals surface area contributed by atoms with E-state index in [1.54, 1.807) is 0 Å². The van der Waals surface area contributed by atoms with Crippen LogP contribution in [0.5, 0.6) is 0 Å². The lowest BCUT2D eigenvalue weighted by atomic mass is 10.2. The zero-order chi connectivity index (χ0) is 8.97. The summed E-state index contributed by atoms with van der Waals surface area (Å²) in [5.41, 5.74) is 0. The molecule has 0 aromatic rings. The molecule has 0 aromatic heterocycles. The third-order valence-electron chi connectivity index (χ3n) is 1.95. The van der Waals surface area contributed by atoms with Gasteiger partial charge in [0, 0.05) is 19.6 Å². The van der Waals surface area contributed by atoms with Crippen LogP contribution in [0.15, 0.2) is 0 Å². The van der Waals surface area contributed by atoms with Crippen LogP contribution < -0.4 is 5.32 Å². The number of hydrogen-bond donors (Lipinski definition) is 1. The molecule has 1 N–H and O–H groups in total. The van der Waals surface area contributed by atoms with Crippen LogP contribution in [0.25, 0.3) is 0 Å². The maximum absolute atomic E-state index is 11.2. The third-order valence-corrected chi connectivity index (χ3v) is 1.95. The normalized spacial score (nSPS) is 21.4. The zero-order valence-corrected chi connectivity index (χ0v) is 7.97. The molecule has 0 aromatic carbocycles. The largest absolute Gasteiger partial charge is 0.309 e. The summed E-state index contributed by atoms with van der Waals surface area (Å²) < 4.78 is 0. The van der Waals surface area contributed by atoms with E-state index in [2.05, 4.69) is 24.1 Å². The van der Waals surface area contributed by atoms with E-state index in [9.17, 15) is 4.79 Å². The van der Waals surface area contributed by atoms with Gasteiger partial charge in [0.1, 0.15) is 0 Å². The molecule has 1 saturated heterocycles. The summed E-state index contributed by atoms with van der Waals surface area (Å²) in [6.07, 6.45) is 0. The van der Waals surface area contributed by atoms with E-state index in [1.165, 1.54) is 0 Å². The van der Waals surface area contributed by atoms with Gasteiger partial charge in [-0.2, -0.15) is 0 Å². The number of nitrogens with one attached hydrogen (secondary N) is 1. The molecule has 3 heteroatoms. The van der Waals surface area contributed by atoms with Crippen molar-refractivity contribution in [3.8, 4) is 0 Å². The van der Waals surface area contributed by atoms with Gasteiger partial charge in [0.05, 0.1) is 13.1 Å². The molecular weight excluding hydrogens is 152 g/mol. The summed E-state index contributed by atoms with van der Waals surface area (Å²) in [7, 11) is 0. The summed E-state index contributed by atoms with van der Waals surface area (Å²) in [6, 6.07) is 0. The molecule has 0 bridgehead atoms. The highest BCUT2D eigenvalue weighted by Gasteiger charge is 2.14. The predicted octanol–water partition coefficient (Wildman–Crippen LogP) is 0.117. The van der Waals surface area contributed by atoms with Gasteiger partial charge in [-0.1, -0.05) is 13.8 Å². The fourth-order valence-electron chi connectivity index (χ4n) is 1.52. The summed E-state index contributed by atoms with van der Waals surface area (Å²) in [5.74, 6) is 0.962. The van der Waals surface area contributed by atoms with Crippen molar-refractivity contribution in [1.82, 2.24) is 10.2 Å². The van der Waals surface area contributed by atoms with Crippen molar-refractivity contribution >= 4 is 5.78 Å². The Kier molecular flexibility index (Phi) is 3.69. The van der Waals surface area contributed by atoms with Gasteiger partial charge >= 0.3 is 0 Å². The SMILES string of the molecule is CC(C)CN1CCNCC(=O)C1. The molecule has 0 atom stereocenters. The van der Waals surface area contributed by atoms with Crippen molar-refractivity contribution in [2.24, 2.45) is 5.92 Å². The van der Waals surface area contributed by atoms with Crippen LogP contribution in [0.3, 0.4) is 0 Å². The second kappa shape index (κ2) is 4.58. The standard InChI is InChI=1S/C9H18N2O/c1-8(2)6-11-4-3-10-5-9(12)7-11/h8,10H,3-7H2,1-2H3. The zero-order valence-electron chi connectivity index (χ0n) is 7.97. The molecule has 0 saturated carbocycles. The van der Waals surface area contributed by atoms with Gasteiger partial charge in [-0.05, 0) is 5.92 Å². The number of rotatable bonds is 2. The van der Waals surface area contributed by atoms with E-state index in [4.69, 9.17) is 0 Å². The van der Waals surface area contributed by atoms with Crippen molar-refractivity contribution in [2.45, 2.75) is 13.8 Å². The molecule has 0 spiro atoms. The maximum atomic E-state index is 11.2. The van der Waals surface area contributed by atoms with Crippen molar-refractivity contribution in [1.29, 1.82) is 0 Å². The molecule has 1 fully saturated rings. The van der Waals surface area contributed by atoms with E-state index in [0.29, 0.717) is 24.8 Å². The molecule has 1 aliphatic rings. The van der Waals surface area contributed by atoms with Crippen molar-refractivity contribution in [3.05, 3.63) is 0 Å².